The number of hydrogen-bond acceptors (Lipinski definition) is 4. The van der Waals surface area contributed by atoms with Gasteiger partial charge in [0.2, 0.25) is 11.8 Å². The third-order valence-electron chi connectivity index (χ3n) is 3.80. The lowest BCUT2D eigenvalue weighted by atomic mass is 10.1. The summed E-state index contributed by atoms with van der Waals surface area (Å²) in [5, 5.41) is 5.81. The fourth-order valence-corrected chi connectivity index (χ4v) is 2.44. The second kappa shape index (κ2) is 5.25. The van der Waals surface area contributed by atoms with Gasteiger partial charge in [-0.25, -0.2) is 0 Å². The van der Waals surface area contributed by atoms with Crippen LogP contribution in [-0.4, -0.2) is 30.9 Å². The van der Waals surface area contributed by atoms with Gasteiger partial charge >= 0.3 is 0 Å². The van der Waals surface area contributed by atoms with Crippen LogP contribution in [0.25, 0.3) is 0 Å². The molecule has 1 aromatic rings. The van der Waals surface area contributed by atoms with Crippen LogP contribution in [0.15, 0.2) is 18.2 Å². The summed E-state index contributed by atoms with van der Waals surface area (Å²) in [5.74, 6) is -0.475. The van der Waals surface area contributed by atoms with E-state index in [-0.39, 0.29) is 24.9 Å². The van der Waals surface area contributed by atoms with Crippen LogP contribution >= 0.6 is 0 Å². The molecule has 0 bridgehead atoms. The number of benzene rings is 1. The van der Waals surface area contributed by atoms with Gasteiger partial charge < -0.3 is 10.2 Å². The van der Waals surface area contributed by atoms with Gasteiger partial charge in [0, 0.05) is 18.3 Å². The van der Waals surface area contributed by atoms with Gasteiger partial charge in [0.15, 0.2) is 0 Å². The van der Waals surface area contributed by atoms with Gasteiger partial charge in [-0.05, 0) is 43.0 Å². The minimum atomic E-state index is -0.238. The average molecular weight is 273 g/mol. The van der Waals surface area contributed by atoms with Crippen molar-refractivity contribution in [2.75, 3.05) is 18.0 Å². The summed E-state index contributed by atoms with van der Waals surface area (Å²) in [6, 6.07) is 6.81. The normalized spacial score (nSPS) is 19.1. The SMILES string of the molecule is Cc1cc(N2CC(=O)NC(=O)C2)ccc1CNC1CC1. The summed E-state index contributed by atoms with van der Waals surface area (Å²) in [6.45, 7) is 3.44. The van der Waals surface area contributed by atoms with Crippen LogP contribution in [0.1, 0.15) is 24.0 Å². The van der Waals surface area contributed by atoms with Gasteiger partial charge in [0.1, 0.15) is 0 Å². The van der Waals surface area contributed by atoms with Gasteiger partial charge in [-0.2, -0.15) is 0 Å². The van der Waals surface area contributed by atoms with Crippen molar-refractivity contribution in [3.63, 3.8) is 0 Å². The van der Waals surface area contributed by atoms with E-state index in [1.54, 1.807) is 0 Å². The van der Waals surface area contributed by atoms with Gasteiger partial charge in [0.05, 0.1) is 13.1 Å². The lowest BCUT2D eigenvalue weighted by molar-refractivity contribution is -0.130. The van der Waals surface area contributed by atoms with Crippen LogP contribution in [0.3, 0.4) is 0 Å². The van der Waals surface area contributed by atoms with Crippen LogP contribution in [0.4, 0.5) is 5.69 Å². The first-order valence-corrected chi connectivity index (χ1v) is 7.02. The average Bonchev–Trinajstić information content (AvgIpc) is 3.20. The molecule has 0 atom stereocenters. The zero-order chi connectivity index (χ0) is 14.1. The molecule has 5 heteroatoms. The van der Waals surface area contributed by atoms with Gasteiger partial charge in [-0.3, -0.25) is 14.9 Å². The van der Waals surface area contributed by atoms with E-state index < -0.39 is 0 Å². The molecule has 1 saturated carbocycles. The van der Waals surface area contributed by atoms with E-state index in [9.17, 15) is 9.59 Å². The first-order chi connectivity index (χ1) is 9.61. The zero-order valence-electron chi connectivity index (χ0n) is 11.6. The van der Waals surface area contributed by atoms with Crippen LogP contribution in [-0.2, 0) is 16.1 Å². The molecule has 1 aromatic carbocycles. The van der Waals surface area contributed by atoms with Crippen molar-refractivity contribution >= 4 is 17.5 Å². The number of carbonyl (C=O) groups excluding carboxylic acids is 2. The van der Waals surface area contributed by atoms with E-state index in [1.165, 1.54) is 24.0 Å². The maximum atomic E-state index is 11.4. The minimum absolute atomic E-state index is 0.238. The molecular weight excluding hydrogens is 254 g/mol. The molecule has 0 radical (unpaired) electrons. The molecule has 2 aliphatic rings. The van der Waals surface area contributed by atoms with Crippen LogP contribution in [0.5, 0.6) is 0 Å². The van der Waals surface area contributed by atoms with Crippen LogP contribution in [0.2, 0.25) is 0 Å². The maximum absolute atomic E-state index is 11.4. The van der Waals surface area contributed by atoms with E-state index in [4.69, 9.17) is 0 Å². The summed E-state index contributed by atoms with van der Waals surface area (Å²) in [4.78, 5) is 24.6. The third-order valence-corrected chi connectivity index (χ3v) is 3.80. The first kappa shape index (κ1) is 13.1. The fraction of sp³-hybridized carbons (Fsp3) is 0.467. The van der Waals surface area contributed by atoms with Gasteiger partial charge in [0.25, 0.3) is 0 Å². The molecular formula is C15H19N3O2. The van der Waals surface area contributed by atoms with Crippen molar-refractivity contribution in [3.8, 4) is 0 Å². The Balaban J connectivity index is 1.71. The Bertz CT molecular complexity index is 536. The van der Waals surface area contributed by atoms with E-state index in [0.29, 0.717) is 6.04 Å². The Morgan fingerprint density at radius 1 is 1.25 bits per heavy atom. The summed E-state index contributed by atoms with van der Waals surface area (Å²) in [5.41, 5.74) is 3.39. The number of nitrogens with one attached hydrogen (secondary N) is 2. The molecule has 2 amide bonds. The quantitative estimate of drug-likeness (QED) is 0.793. The molecule has 2 fully saturated rings. The lowest BCUT2D eigenvalue weighted by Crippen LogP contribution is -2.51. The maximum Gasteiger partial charge on any atom is 0.246 e. The molecule has 3 rings (SSSR count). The number of carbonyl (C=O) groups is 2. The number of imide groups is 1. The number of aryl methyl sites for hydroxylation is 1. The predicted octanol–water partition coefficient (Wildman–Crippen LogP) is 0.710. The highest BCUT2D eigenvalue weighted by Crippen LogP contribution is 2.22. The predicted molar refractivity (Wildman–Crippen MR) is 76.4 cm³/mol. The van der Waals surface area contributed by atoms with E-state index in [1.807, 2.05) is 11.0 Å². The molecule has 1 heterocycles. The van der Waals surface area contributed by atoms with E-state index in [0.717, 1.165) is 12.2 Å². The number of hydrogen-bond donors (Lipinski definition) is 2. The highest BCUT2D eigenvalue weighted by atomic mass is 16.2. The van der Waals surface area contributed by atoms with Crippen molar-refractivity contribution in [2.24, 2.45) is 0 Å². The number of piperazine rings is 1. The number of anilines is 1. The topological polar surface area (TPSA) is 61.4 Å². The number of rotatable bonds is 4. The first-order valence-electron chi connectivity index (χ1n) is 7.02. The minimum Gasteiger partial charge on any atom is -0.353 e. The Morgan fingerprint density at radius 2 is 1.95 bits per heavy atom. The molecule has 0 unspecified atom stereocenters. The number of nitrogens with zero attached hydrogens (tertiary/aromatic N) is 1. The molecule has 106 valence electrons. The van der Waals surface area contributed by atoms with Gasteiger partial charge in [-0.1, -0.05) is 6.07 Å². The van der Waals surface area contributed by atoms with Gasteiger partial charge in [-0.15, -0.1) is 0 Å². The Labute approximate surface area is 118 Å². The molecule has 1 aliphatic carbocycles. The Kier molecular flexibility index (Phi) is 3.44. The van der Waals surface area contributed by atoms with Crippen LogP contribution in [0, 0.1) is 6.92 Å². The summed E-state index contributed by atoms with van der Waals surface area (Å²) in [6.07, 6.45) is 2.56. The monoisotopic (exact) mass is 273 g/mol. The molecule has 0 spiro atoms. The Hall–Kier alpha value is -1.88. The fourth-order valence-electron chi connectivity index (χ4n) is 2.44. The zero-order valence-corrected chi connectivity index (χ0v) is 11.6. The van der Waals surface area contributed by atoms with Crippen molar-refractivity contribution in [3.05, 3.63) is 29.3 Å². The second-order valence-corrected chi connectivity index (χ2v) is 5.59. The second-order valence-electron chi connectivity index (χ2n) is 5.59. The molecule has 0 aromatic heterocycles. The molecule has 2 N–H and O–H groups in total. The van der Waals surface area contributed by atoms with Crippen molar-refractivity contribution in [2.45, 2.75) is 32.4 Å². The third kappa shape index (κ3) is 2.99. The molecule has 20 heavy (non-hydrogen) atoms. The Morgan fingerprint density at radius 3 is 2.55 bits per heavy atom. The smallest absolute Gasteiger partial charge is 0.246 e. The van der Waals surface area contributed by atoms with Crippen molar-refractivity contribution < 1.29 is 9.59 Å². The number of amides is 2. The van der Waals surface area contributed by atoms with Crippen molar-refractivity contribution in [1.29, 1.82) is 0 Å². The summed E-state index contributed by atoms with van der Waals surface area (Å²) >= 11 is 0. The van der Waals surface area contributed by atoms with Crippen molar-refractivity contribution in [1.82, 2.24) is 10.6 Å². The van der Waals surface area contributed by atoms with E-state index in [2.05, 4.69) is 29.7 Å². The highest BCUT2D eigenvalue weighted by molar-refractivity contribution is 6.02. The van der Waals surface area contributed by atoms with E-state index >= 15 is 0 Å². The summed E-state index contributed by atoms with van der Waals surface area (Å²) < 4.78 is 0. The largest absolute Gasteiger partial charge is 0.353 e. The standard InChI is InChI=1S/C15H19N3O2/c1-10-6-13(18-8-14(19)17-15(20)9-18)5-2-11(10)7-16-12-3-4-12/h2,5-6,12,16H,3-4,7-9H2,1H3,(H,17,19,20). The molecule has 1 saturated heterocycles. The molecule has 5 nitrogen and oxygen atoms in total. The lowest BCUT2D eigenvalue weighted by Gasteiger charge is -2.28. The molecule has 1 aliphatic heterocycles. The summed E-state index contributed by atoms with van der Waals surface area (Å²) in [7, 11) is 0. The van der Waals surface area contributed by atoms with Crippen LogP contribution < -0.4 is 15.5 Å². The highest BCUT2D eigenvalue weighted by Gasteiger charge is 2.23.